The summed E-state index contributed by atoms with van der Waals surface area (Å²) in [5, 5.41) is 2.90. The number of nitrogens with one attached hydrogen (secondary N) is 1. The molecule has 0 atom stereocenters. The molecule has 0 saturated heterocycles. The zero-order chi connectivity index (χ0) is 15.8. The van der Waals surface area contributed by atoms with Crippen LogP contribution in [0.3, 0.4) is 0 Å². The van der Waals surface area contributed by atoms with Gasteiger partial charge in [0.15, 0.2) is 0 Å². The number of amides is 1. The average Bonchev–Trinajstić information content (AvgIpc) is 2.22. The van der Waals surface area contributed by atoms with Crippen LogP contribution in [0.5, 0.6) is 0 Å². The predicted octanol–water partition coefficient (Wildman–Crippen LogP) is 4.10. The Hall–Kier alpha value is -0.860. The van der Waals surface area contributed by atoms with Gasteiger partial charge in [-0.05, 0) is 23.7 Å². The number of Topliss-reactive ketones (excluding diaryl/α,β-unsaturated/α-hetero) is 1. The van der Waals surface area contributed by atoms with E-state index in [2.05, 4.69) is 26.1 Å². The van der Waals surface area contributed by atoms with E-state index in [1.807, 2.05) is 20.8 Å². The maximum Gasteiger partial charge on any atom is 0.220 e. The maximum absolute atomic E-state index is 11.7. The monoisotopic (exact) mass is 283 g/mol. The van der Waals surface area contributed by atoms with Gasteiger partial charge < -0.3 is 5.32 Å². The van der Waals surface area contributed by atoms with E-state index >= 15 is 0 Å². The van der Waals surface area contributed by atoms with Gasteiger partial charge in [-0.1, -0.05) is 48.0 Å². The summed E-state index contributed by atoms with van der Waals surface area (Å²) in [6.07, 6.45) is 4.56. The summed E-state index contributed by atoms with van der Waals surface area (Å²) in [5.74, 6) is 0.184. The van der Waals surface area contributed by atoms with Crippen molar-refractivity contribution >= 4 is 11.7 Å². The first-order valence-corrected chi connectivity index (χ1v) is 7.78. The molecule has 0 aliphatic rings. The first-order valence-electron chi connectivity index (χ1n) is 7.78. The zero-order valence-corrected chi connectivity index (χ0v) is 14.3. The minimum atomic E-state index is 0.00279. The van der Waals surface area contributed by atoms with Crippen LogP contribution in [0, 0.1) is 10.8 Å². The number of carbonyl (C=O) groups excluding carboxylic acids is 2. The van der Waals surface area contributed by atoms with E-state index < -0.39 is 0 Å². The van der Waals surface area contributed by atoms with Crippen molar-refractivity contribution in [1.82, 2.24) is 5.32 Å². The second-order valence-corrected chi connectivity index (χ2v) is 8.14. The number of carbonyl (C=O) groups is 2. The molecule has 0 rings (SSSR count). The quantitative estimate of drug-likeness (QED) is 0.682. The van der Waals surface area contributed by atoms with Crippen LogP contribution in [-0.4, -0.2) is 18.2 Å². The van der Waals surface area contributed by atoms with Crippen molar-refractivity contribution in [3.8, 4) is 0 Å². The minimum absolute atomic E-state index is 0.00279. The molecule has 1 amide bonds. The molecule has 118 valence electrons. The molecule has 0 heterocycles. The molecule has 0 aromatic carbocycles. The summed E-state index contributed by atoms with van der Waals surface area (Å²) in [5.41, 5.74) is 0.379. The lowest BCUT2D eigenvalue weighted by molar-refractivity contribution is -0.126. The summed E-state index contributed by atoms with van der Waals surface area (Å²) in [6.45, 7) is 13.5. The summed E-state index contributed by atoms with van der Waals surface area (Å²) in [6, 6.07) is 0. The molecule has 0 aliphatic heterocycles. The van der Waals surface area contributed by atoms with Crippen LogP contribution < -0.4 is 5.32 Å². The van der Waals surface area contributed by atoms with Gasteiger partial charge in [0.25, 0.3) is 0 Å². The Labute approximate surface area is 124 Å². The van der Waals surface area contributed by atoms with Gasteiger partial charge in [-0.2, -0.15) is 0 Å². The smallest absolute Gasteiger partial charge is 0.220 e. The third-order valence-electron chi connectivity index (χ3n) is 3.03. The van der Waals surface area contributed by atoms with Crippen molar-refractivity contribution < 1.29 is 9.59 Å². The van der Waals surface area contributed by atoms with Gasteiger partial charge in [-0.15, -0.1) is 0 Å². The molecule has 0 radical (unpaired) electrons. The van der Waals surface area contributed by atoms with Gasteiger partial charge in [0, 0.05) is 25.8 Å². The molecule has 20 heavy (non-hydrogen) atoms. The molecular weight excluding hydrogens is 250 g/mol. The molecule has 0 aromatic rings. The van der Waals surface area contributed by atoms with Crippen molar-refractivity contribution in [2.75, 3.05) is 6.54 Å². The van der Waals surface area contributed by atoms with Gasteiger partial charge in [-0.25, -0.2) is 0 Å². The number of rotatable bonds is 8. The minimum Gasteiger partial charge on any atom is -0.356 e. The fraction of sp³-hybridized carbons (Fsp3) is 0.882. The predicted molar refractivity (Wildman–Crippen MR) is 84.6 cm³/mol. The van der Waals surface area contributed by atoms with E-state index in [9.17, 15) is 9.59 Å². The van der Waals surface area contributed by atoms with Gasteiger partial charge in [0.1, 0.15) is 5.78 Å². The largest absolute Gasteiger partial charge is 0.356 e. The van der Waals surface area contributed by atoms with Crippen molar-refractivity contribution in [2.45, 2.75) is 80.1 Å². The normalized spacial score (nSPS) is 12.3. The molecule has 3 nitrogen and oxygen atoms in total. The van der Waals surface area contributed by atoms with Gasteiger partial charge in [0.05, 0.1) is 0 Å². The summed E-state index contributed by atoms with van der Waals surface area (Å²) in [4.78, 5) is 23.3. The van der Waals surface area contributed by atoms with Crippen LogP contribution >= 0.6 is 0 Å². The molecule has 0 aromatic heterocycles. The van der Waals surface area contributed by atoms with Crippen molar-refractivity contribution in [2.24, 2.45) is 10.8 Å². The molecule has 0 bridgehead atoms. The highest BCUT2D eigenvalue weighted by Gasteiger charge is 2.16. The van der Waals surface area contributed by atoms with Crippen molar-refractivity contribution in [1.29, 1.82) is 0 Å². The Morgan fingerprint density at radius 3 is 1.95 bits per heavy atom. The lowest BCUT2D eigenvalue weighted by Gasteiger charge is -2.17. The van der Waals surface area contributed by atoms with E-state index in [4.69, 9.17) is 0 Å². The van der Waals surface area contributed by atoms with Crippen LogP contribution in [0.15, 0.2) is 0 Å². The molecule has 0 aliphatic carbocycles. The van der Waals surface area contributed by atoms with Gasteiger partial charge in [0.2, 0.25) is 5.91 Å². The van der Waals surface area contributed by atoms with E-state index in [0.717, 1.165) is 19.4 Å². The van der Waals surface area contributed by atoms with Crippen molar-refractivity contribution in [3.63, 3.8) is 0 Å². The Morgan fingerprint density at radius 2 is 1.45 bits per heavy atom. The Bertz CT molecular complexity index is 308. The number of unbranched alkanes of at least 4 members (excludes halogenated alkanes) is 1. The van der Waals surface area contributed by atoms with Crippen molar-refractivity contribution in [3.05, 3.63) is 0 Å². The number of hydrogen-bond donors (Lipinski definition) is 1. The second kappa shape index (κ2) is 8.43. The van der Waals surface area contributed by atoms with Gasteiger partial charge in [-0.3, -0.25) is 9.59 Å². The molecule has 1 N–H and O–H groups in total. The lowest BCUT2D eigenvalue weighted by atomic mass is 9.89. The average molecular weight is 283 g/mol. The molecule has 0 saturated carbocycles. The van der Waals surface area contributed by atoms with Crippen LogP contribution in [-0.2, 0) is 9.59 Å². The van der Waals surface area contributed by atoms with Gasteiger partial charge >= 0.3 is 0 Å². The summed E-state index contributed by atoms with van der Waals surface area (Å²) < 4.78 is 0. The fourth-order valence-electron chi connectivity index (χ4n) is 2.03. The fourth-order valence-corrected chi connectivity index (χ4v) is 2.03. The standard InChI is InChI=1S/C17H33NO2/c1-16(2,3)11-7-8-12-18-15(20)10-9-14(19)13-17(4,5)6/h7-13H2,1-6H3,(H,18,20). The maximum atomic E-state index is 11.7. The Balaban J connectivity index is 3.62. The van der Waals surface area contributed by atoms with E-state index in [1.165, 1.54) is 6.42 Å². The highest BCUT2D eigenvalue weighted by atomic mass is 16.2. The Kier molecular flexibility index (Phi) is 8.07. The second-order valence-electron chi connectivity index (χ2n) is 8.14. The topological polar surface area (TPSA) is 46.2 Å². The zero-order valence-electron chi connectivity index (χ0n) is 14.3. The molecule has 3 heteroatoms. The molecule has 0 spiro atoms. The first kappa shape index (κ1) is 19.1. The SMILES string of the molecule is CC(C)(C)CCCCNC(=O)CCC(=O)CC(C)(C)C. The summed E-state index contributed by atoms with van der Waals surface area (Å²) in [7, 11) is 0. The lowest BCUT2D eigenvalue weighted by Crippen LogP contribution is -2.25. The summed E-state index contributed by atoms with van der Waals surface area (Å²) >= 11 is 0. The molecule has 0 fully saturated rings. The third kappa shape index (κ3) is 13.6. The highest BCUT2D eigenvalue weighted by molar-refractivity contribution is 5.85. The first-order chi connectivity index (χ1) is 8.99. The third-order valence-corrected chi connectivity index (χ3v) is 3.03. The number of hydrogen-bond acceptors (Lipinski definition) is 2. The van der Waals surface area contributed by atoms with Crippen LogP contribution in [0.4, 0.5) is 0 Å². The van der Waals surface area contributed by atoms with E-state index in [1.54, 1.807) is 0 Å². The molecular formula is C17H33NO2. The van der Waals surface area contributed by atoms with Crippen LogP contribution in [0.1, 0.15) is 80.1 Å². The van der Waals surface area contributed by atoms with E-state index in [-0.39, 0.29) is 17.1 Å². The number of ketones is 1. The Morgan fingerprint density at radius 1 is 0.850 bits per heavy atom. The van der Waals surface area contributed by atoms with Crippen LogP contribution in [0.25, 0.3) is 0 Å². The molecule has 0 unspecified atom stereocenters. The highest BCUT2D eigenvalue weighted by Crippen LogP contribution is 2.21. The van der Waals surface area contributed by atoms with E-state index in [0.29, 0.717) is 24.7 Å². The van der Waals surface area contributed by atoms with Crippen LogP contribution in [0.2, 0.25) is 0 Å².